The zero-order chi connectivity index (χ0) is 21.9. The van der Waals surface area contributed by atoms with Gasteiger partial charge in [0.05, 0.1) is 11.3 Å². The molecule has 0 radical (unpaired) electrons. The van der Waals surface area contributed by atoms with Crippen LogP contribution in [0.2, 0.25) is 0 Å². The van der Waals surface area contributed by atoms with Gasteiger partial charge in [-0.25, -0.2) is 4.98 Å². The number of nitrogens with zero attached hydrogens (tertiary/aromatic N) is 2. The van der Waals surface area contributed by atoms with Crippen molar-refractivity contribution >= 4 is 34.7 Å². The molecule has 7 heteroatoms. The van der Waals surface area contributed by atoms with Crippen molar-refractivity contribution in [2.75, 3.05) is 35.6 Å². The maximum absolute atomic E-state index is 9.57. The van der Waals surface area contributed by atoms with Gasteiger partial charge in [-0.15, -0.1) is 6.58 Å². The molecule has 1 aromatic carbocycles. The van der Waals surface area contributed by atoms with Gasteiger partial charge in [0.25, 0.3) is 0 Å². The van der Waals surface area contributed by atoms with Crippen LogP contribution in [0, 0.1) is 19.8 Å². The number of hydrogen-bond donors (Lipinski definition) is 4. The van der Waals surface area contributed by atoms with Crippen LogP contribution in [-0.4, -0.2) is 39.8 Å². The van der Waals surface area contributed by atoms with E-state index < -0.39 is 0 Å². The Morgan fingerprint density at radius 1 is 1.20 bits per heavy atom. The number of aromatic nitrogens is 2. The van der Waals surface area contributed by atoms with E-state index in [1.165, 1.54) is 0 Å². The van der Waals surface area contributed by atoms with Crippen molar-refractivity contribution in [1.29, 1.82) is 0 Å². The third-order valence-electron chi connectivity index (χ3n) is 4.91. The van der Waals surface area contributed by atoms with Crippen molar-refractivity contribution in [2.24, 2.45) is 5.92 Å². The van der Waals surface area contributed by atoms with Crippen LogP contribution in [0.15, 0.2) is 36.9 Å². The molecule has 6 nitrogen and oxygen atoms in total. The molecule has 1 atom stereocenters. The van der Waals surface area contributed by atoms with Gasteiger partial charge in [0.2, 0.25) is 5.95 Å². The standard InChI is InChI=1S/C23H33N5OS/c1-5-9-18(15-29)12-14-24-21-20(17(4)26-23(28-21)25-13-6-2)22(30)27-19-11-8-7-10-16(19)3/h6-8,10-11,18,29H,2,5,9,12-15H2,1,3-4H3,(H,27,30)(H2,24,25,26,28). The molecular formula is C23H33N5OS. The summed E-state index contributed by atoms with van der Waals surface area (Å²) in [5.74, 6) is 1.50. The molecule has 0 fully saturated rings. The summed E-state index contributed by atoms with van der Waals surface area (Å²) in [7, 11) is 0. The van der Waals surface area contributed by atoms with Crippen LogP contribution in [0.5, 0.6) is 0 Å². The first kappa shape index (κ1) is 23.8. The van der Waals surface area contributed by atoms with Crippen LogP contribution in [0.3, 0.4) is 0 Å². The van der Waals surface area contributed by atoms with Gasteiger partial charge in [0, 0.05) is 25.4 Å². The Kier molecular flexibility index (Phi) is 9.70. The summed E-state index contributed by atoms with van der Waals surface area (Å²) in [6.07, 6.45) is 4.69. The molecule has 0 aliphatic rings. The quantitative estimate of drug-likeness (QED) is 0.289. The molecule has 0 spiro atoms. The van der Waals surface area contributed by atoms with E-state index in [-0.39, 0.29) is 12.5 Å². The lowest BCUT2D eigenvalue weighted by atomic mass is 10.0. The number of thiocarbonyl (C=S) groups is 1. The minimum absolute atomic E-state index is 0.199. The molecular weight excluding hydrogens is 394 g/mol. The Labute approximate surface area is 185 Å². The van der Waals surface area contributed by atoms with E-state index in [0.29, 0.717) is 29.8 Å². The Balaban J connectivity index is 2.26. The second kappa shape index (κ2) is 12.2. The topological polar surface area (TPSA) is 82.1 Å². The van der Waals surface area contributed by atoms with Crippen molar-refractivity contribution in [2.45, 2.75) is 40.0 Å². The van der Waals surface area contributed by atoms with E-state index in [1.54, 1.807) is 6.08 Å². The third-order valence-corrected chi connectivity index (χ3v) is 5.22. The summed E-state index contributed by atoms with van der Waals surface area (Å²) < 4.78 is 0. The first-order valence-corrected chi connectivity index (χ1v) is 10.9. The van der Waals surface area contributed by atoms with Crippen molar-refractivity contribution in [3.8, 4) is 0 Å². The van der Waals surface area contributed by atoms with E-state index in [0.717, 1.165) is 41.8 Å². The predicted molar refractivity (Wildman–Crippen MR) is 131 cm³/mol. The number of aliphatic hydroxyl groups excluding tert-OH is 1. The highest BCUT2D eigenvalue weighted by molar-refractivity contribution is 7.81. The van der Waals surface area contributed by atoms with Gasteiger partial charge in [0.15, 0.2) is 0 Å². The van der Waals surface area contributed by atoms with Crippen LogP contribution in [0.25, 0.3) is 0 Å². The lowest BCUT2D eigenvalue weighted by Crippen LogP contribution is -2.20. The number of rotatable bonds is 12. The van der Waals surface area contributed by atoms with Crippen LogP contribution < -0.4 is 16.0 Å². The number of hydrogen-bond acceptors (Lipinski definition) is 6. The van der Waals surface area contributed by atoms with Crippen LogP contribution >= 0.6 is 12.2 Å². The van der Waals surface area contributed by atoms with E-state index in [9.17, 15) is 5.11 Å². The third kappa shape index (κ3) is 6.78. The SMILES string of the molecule is C=CCNc1nc(C)c(C(=S)Nc2ccccc2C)c(NCCC(CO)CCC)n1. The van der Waals surface area contributed by atoms with Crippen molar-refractivity contribution in [3.63, 3.8) is 0 Å². The fourth-order valence-electron chi connectivity index (χ4n) is 3.24. The molecule has 0 bridgehead atoms. The van der Waals surface area contributed by atoms with Crippen LogP contribution in [-0.2, 0) is 0 Å². The Bertz CT molecular complexity index is 855. The summed E-state index contributed by atoms with van der Waals surface area (Å²) in [5, 5.41) is 19.5. The molecule has 30 heavy (non-hydrogen) atoms. The van der Waals surface area contributed by atoms with Crippen molar-refractivity contribution in [1.82, 2.24) is 9.97 Å². The number of para-hydroxylation sites is 1. The normalized spacial score (nSPS) is 11.6. The Hall–Kier alpha value is -2.51. The molecule has 0 aliphatic heterocycles. The Morgan fingerprint density at radius 3 is 2.63 bits per heavy atom. The molecule has 0 saturated carbocycles. The number of aliphatic hydroxyl groups is 1. The van der Waals surface area contributed by atoms with Crippen molar-refractivity contribution < 1.29 is 5.11 Å². The predicted octanol–water partition coefficient (Wildman–Crippen LogP) is 4.69. The molecule has 4 N–H and O–H groups in total. The highest BCUT2D eigenvalue weighted by Gasteiger charge is 2.17. The lowest BCUT2D eigenvalue weighted by molar-refractivity contribution is 0.212. The molecule has 1 heterocycles. The van der Waals surface area contributed by atoms with E-state index in [2.05, 4.69) is 39.4 Å². The monoisotopic (exact) mass is 427 g/mol. The molecule has 0 saturated heterocycles. The average molecular weight is 428 g/mol. The van der Waals surface area contributed by atoms with Gasteiger partial charge >= 0.3 is 0 Å². The lowest BCUT2D eigenvalue weighted by Gasteiger charge is -2.19. The molecule has 2 rings (SSSR count). The van der Waals surface area contributed by atoms with Gasteiger partial charge in [-0.3, -0.25) is 0 Å². The highest BCUT2D eigenvalue weighted by Crippen LogP contribution is 2.23. The number of anilines is 3. The van der Waals surface area contributed by atoms with Crippen LogP contribution in [0.4, 0.5) is 17.5 Å². The zero-order valence-electron chi connectivity index (χ0n) is 18.2. The summed E-state index contributed by atoms with van der Waals surface area (Å²) in [4.78, 5) is 9.80. The first-order chi connectivity index (χ1) is 14.5. The molecule has 1 aromatic heterocycles. The maximum atomic E-state index is 9.57. The van der Waals surface area contributed by atoms with E-state index in [1.807, 2.05) is 38.1 Å². The molecule has 1 unspecified atom stereocenters. The second-order valence-corrected chi connectivity index (χ2v) is 7.76. The second-order valence-electron chi connectivity index (χ2n) is 7.35. The maximum Gasteiger partial charge on any atom is 0.225 e. The van der Waals surface area contributed by atoms with Gasteiger partial charge in [0.1, 0.15) is 10.8 Å². The summed E-state index contributed by atoms with van der Waals surface area (Å²) in [6, 6.07) is 8.02. The fourth-order valence-corrected chi connectivity index (χ4v) is 3.60. The van der Waals surface area contributed by atoms with E-state index >= 15 is 0 Å². The summed E-state index contributed by atoms with van der Waals surface area (Å²) >= 11 is 5.73. The Morgan fingerprint density at radius 2 is 1.97 bits per heavy atom. The van der Waals surface area contributed by atoms with Gasteiger partial charge in [-0.05, 0) is 44.2 Å². The summed E-state index contributed by atoms with van der Waals surface area (Å²) in [5.41, 5.74) is 3.65. The minimum Gasteiger partial charge on any atom is -0.396 e. The van der Waals surface area contributed by atoms with Crippen molar-refractivity contribution in [3.05, 3.63) is 53.7 Å². The fraction of sp³-hybridized carbons (Fsp3) is 0.435. The minimum atomic E-state index is 0.199. The molecule has 162 valence electrons. The van der Waals surface area contributed by atoms with Crippen LogP contribution in [0.1, 0.15) is 43.0 Å². The number of aryl methyl sites for hydroxylation is 2. The smallest absolute Gasteiger partial charge is 0.225 e. The van der Waals surface area contributed by atoms with Gasteiger partial charge in [-0.2, -0.15) is 4.98 Å². The van der Waals surface area contributed by atoms with E-state index in [4.69, 9.17) is 12.2 Å². The average Bonchev–Trinajstić information content (AvgIpc) is 2.73. The number of benzene rings is 1. The molecule has 2 aromatic rings. The molecule has 0 aliphatic carbocycles. The zero-order valence-corrected chi connectivity index (χ0v) is 19.0. The highest BCUT2D eigenvalue weighted by atomic mass is 32.1. The number of nitrogens with one attached hydrogen (secondary N) is 3. The summed E-state index contributed by atoms with van der Waals surface area (Å²) in [6.45, 7) is 11.3. The van der Waals surface area contributed by atoms with Gasteiger partial charge < -0.3 is 21.1 Å². The van der Waals surface area contributed by atoms with Gasteiger partial charge in [-0.1, -0.05) is 49.8 Å². The first-order valence-electron chi connectivity index (χ1n) is 10.4. The largest absolute Gasteiger partial charge is 0.396 e. The molecule has 0 amide bonds.